The fourth-order valence-corrected chi connectivity index (χ4v) is 3.52. The summed E-state index contributed by atoms with van der Waals surface area (Å²) < 4.78 is 1.46. The zero-order valence-corrected chi connectivity index (χ0v) is 17.1. The highest BCUT2D eigenvalue weighted by Gasteiger charge is 2.24. The molecule has 0 aliphatic heterocycles. The maximum Gasteiger partial charge on any atom is 0.233 e. The maximum atomic E-state index is 12.7. The summed E-state index contributed by atoms with van der Waals surface area (Å²) in [6.07, 6.45) is 1.87. The van der Waals surface area contributed by atoms with E-state index in [9.17, 15) is 4.79 Å². The Morgan fingerprint density at radius 1 is 1.15 bits per heavy atom. The minimum absolute atomic E-state index is 0.110. The van der Waals surface area contributed by atoms with Crippen LogP contribution in [0.4, 0.5) is 0 Å². The number of thioether (sulfide) groups is 1. The highest BCUT2D eigenvalue weighted by molar-refractivity contribution is 7.99. The number of nitrogens with zero attached hydrogens (tertiary/aromatic N) is 4. The van der Waals surface area contributed by atoms with Crippen LogP contribution in [0.25, 0.3) is 11.4 Å². The molecule has 142 valence electrons. The van der Waals surface area contributed by atoms with Gasteiger partial charge in [-0.05, 0) is 33.6 Å². The van der Waals surface area contributed by atoms with E-state index in [1.807, 2.05) is 36.1 Å². The molecule has 6 nitrogen and oxygen atoms in total. The smallest absolute Gasteiger partial charge is 0.233 e. The van der Waals surface area contributed by atoms with E-state index in [2.05, 4.69) is 37.9 Å². The normalized spacial score (nSPS) is 13.4. The maximum absolute atomic E-state index is 12.7. The molecule has 0 saturated heterocycles. The van der Waals surface area contributed by atoms with Crippen LogP contribution in [0, 0.1) is 6.92 Å². The summed E-state index contributed by atoms with van der Waals surface area (Å²) in [6, 6.07) is 8.40. The quantitative estimate of drug-likeness (QED) is 0.564. The van der Waals surface area contributed by atoms with Crippen molar-refractivity contribution in [2.45, 2.75) is 64.7 Å². The van der Waals surface area contributed by atoms with Gasteiger partial charge in [0.15, 0.2) is 5.82 Å². The van der Waals surface area contributed by atoms with Gasteiger partial charge in [0, 0.05) is 17.6 Å². The van der Waals surface area contributed by atoms with Gasteiger partial charge in [-0.1, -0.05) is 55.4 Å². The molecule has 0 aliphatic rings. The Kier molecular flexibility index (Phi) is 7.08. The highest BCUT2D eigenvalue weighted by atomic mass is 32.2. The van der Waals surface area contributed by atoms with Crippen molar-refractivity contribution in [1.29, 1.82) is 0 Å². The highest BCUT2D eigenvalue weighted by Crippen LogP contribution is 2.23. The average molecular weight is 376 g/mol. The number of hydrogen-bond donors (Lipinski definition) is 1. The molecule has 2 aromatic rings. The van der Waals surface area contributed by atoms with E-state index in [1.54, 1.807) is 0 Å². The van der Waals surface area contributed by atoms with E-state index in [1.165, 1.54) is 22.0 Å². The summed E-state index contributed by atoms with van der Waals surface area (Å²) in [4.78, 5) is 14.7. The van der Waals surface area contributed by atoms with Crippen molar-refractivity contribution >= 4 is 17.7 Å². The van der Waals surface area contributed by atoms with Crippen LogP contribution in [0.15, 0.2) is 29.4 Å². The molecule has 7 heteroatoms. The van der Waals surface area contributed by atoms with Crippen LogP contribution < -0.4 is 5.84 Å². The van der Waals surface area contributed by atoms with Crippen LogP contribution >= 0.6 is 11.8 Å². The summed E-state index contributed by atoms with van der Waals surface area (Å²) in [5.41, 5.74) is 2.08. The molecule has 2 rings (SSSR count). The first-order valence-electron chi connectivity index (χ1n) is 9.10. The fraction of sp³-hybridized carbons (Fsp3) is 0.526. The lowest BCUT2D eigenvalue weighted by atomic mass is 10.1. The molecule has 0 spiro atoms. The minimum Gasteiger partial charge on any atom is -0.337 e. The molecule has 0 bridgehead atoms. The monoisotopic (exact) mass is 375 g/mol. The van der Waals surface area contributed by atoms with Gasteiger partial charge in [0.1, 0.15) is 0 Å². The van der Waals surface area contributed by atoms with E-state index in [0.29, 0.717) is 16.7 Å². The number of carbonyl (C=O) groups is 1. The molecule has 1 aromatic heterocycles. The molecule has 1 amide bonds. The first-order chi connectivity index (χ1) is 12.4. The number of aryl methyl sites for hydroxylation is 1. The molecule has 1 heterocycles. The number of aromatic nitrogens is 3. The predicted octanol–water partition coefficient (Wildman–Crippen LogP) is 3.49. The third kappa shape index (κ3) is 4.58. The fourth-order valence-electron chi connectivity index (χ4n) is 2.80. The van der Waals surface area contributed by atoms with Crippen LogP contribution in [0.1, 0.15) is 46.1 Å². The molecule has 2 atom stereocenters. The molecule has 0 fully saturated rings. The third-order valence-electron chi connectivity index (χ3n) is 4.72. The van der Waals surface area contributed by atoms with E-state index < -0.39 is 0 Å². The van der Waals surface area contributed by atoms with Gasteiger partial charge in [0.2, 0.25) is 11.1 Å². The van der Waals surface area contributed by atoms with Crippen molar-refractivity contribution in [3.05, 3.63) is 29.8 Å². The van der Waals surface area contributed by atoms with Crippen molar-refractivity contribution < 1.29 is 4.79 Å². The number of hydrogen-bond acceptors (Lipinski definition) is 5. The molecule has 0 radical (unpaired) electrons. The summed E-state index contributed by atoms with van der Waals surface area (Å²) in [6.45, 7) is 10.4. The van der Waals surface area contributed by atoms with Crippen molar-refractivity contribution in [1.82, 2.24) is 19.8 Å². The van der Waals surface area contributed by atoms with Crippen LogP contribution in [-0.2, 0) is 4.79 Å². The summed E-state index contributed by atoms with van der Waals surface area (Å²) in [5.74, 6) is 7.16. The number of carbonyl (C=O) groups excluding carboxylic acids is 1. The second kappa shape index (κ2) is 9.07. The van der Waals surface area contributed by atoms with Crippen molar-refractivity contribution in [2.24, 2.45) is 0 Å². The number of benzene rings is 1. The number of amides is 1. The summed E-state index contributed by atoms with van der Waals surface area (Å²) >= 11 is 1.33. The van der Waals surface area contributed by atoms with Gasteiger partial charge in [-0.25, -0.2) is 4.68 Å². The van der Waals surface area contributed by atoms with Crippen LogP contribution in [0.2, 0.25) is 0 Å². The molecule has 1 aromatic carbocycles. The SMILES string of the molecule is CC[C@@H](C)N(C(=O)CSc1nnc(-c2ccc(C)cc2)n1N)[C@H](C)CC. The van der Waals surface area contributed by atoms with Crippen LogP contribution in [0.3, 0.4) is 0 Å². The van der Waals surface area contributed by atoms with Gasteiger partial charge < -0.3 is 10.7 Å². The van der Waals surface area contributed by atoms with Crippen molar-refractivity contribution in [3.8, 4) is 11.4 Å². The number of nitrogen functional groups attached to an aromatic ring is 1. The Hall–Kier alpha value is -2.02. The lowest BCUT2D eigenvalue weighted by Crippen LogP contribution is -2.45. The summed E-state index contributed by atoms with van der Waals surface area (Å²) in [7, 11) is 0. The Labute approximate surface area is 160 Å². The van der Waals surface area contributed by atoms with Gasteiger partial charge in [0.05, 0.1) is 5.75 Å². The average Bonchev–Trinajstić information content (AvgIpc) is 3.01. The zero-order chi connectivity index (χ0) is 19.3. The topological polar surface area (TPSA) is 77.0 Å². The van der Waals surface area contributed by atoms with E-state index in [-0.39, 0.29) is 18.0 Å². The van der Waals surface area contributed by atoms with Crippen molar-refractivity contribution in [2.75, 3.05) is 11.6 Å². The Morgan fingerprint density at radius 2 is 1.73 bits per heavy atom. The summed E-state index contributed by atoms with van der Waals surface area (Å²) in [5, 5.41) is 8.88. The van der Waals surface area contributed by atoms with E-state index in [0.717, 1.165) is 18.4 Å². The molecule has 0 unspecified atom stereocenters. The zero-order valence-electron chi connectivity index (χ0n) is 16.3. The largest absolute Gasteiger partial charge is 0.337 e. The second-order valence-corrected chi connectivity index (χ2v) is 7.59. The van der Waals surface area contributed by atoms with E-state index in [4.69, 9.17) is 5.84 Å². The number of nitrogens with two attached hydrogens (primary N) is 1. The standard InChI is InChI=1S/C19H29N5OS/c1-6-14(4)23(15(5)7-2)17(25)12-26-19-22-21-18(24(19)20)16-10-8-13(3)9-11-16/h8-11,14-15H,6-7,12,20H2,1-5H3/t14-,15-/m1/s1. The second-order valence-electron chi connectivity index (χ2n) is 6.65. The molecular weight excluding hydrogens is 346 g/mol. The molecule has 0 aliphatic carbocycles. The first-order valence-corrected chi connectivity index (χ1v) is 10.1. The Balaban J connectivity index is 2.09. The van der Waals surface area contributed by atoms with Gasteiger partial charge >= 0.3 is 0 Å². The van der Waals surface area contributed by atoms with Crippen molar-refractivity contribution in [3.63, 3.8) is 0 Å². The predicted molar refractivity (Wildman–Crippen MR) is 107 cm³/mol. The van der Waals surface area contributed by atoms with E-state index >= 15 is 0 Å². The van der Waals surface area contributed by atoms with Gasteiger partial charge in [-0.3, -0.25) is 4.79 Å². The lowest BCUT2D eigenvalue weighted by molar-refractivity contribution is -0.132. The van der Waals surface area contributed by atoms with Gasteiger partial charge in [-0.2, -0.15) is 0 Å². The molecular formula is C19H29N5OS. The molecule has 0 saturated carbocycles. The third-order valence-corrected chi connectivity index (χ3v) is 5.65. The molecule has 26 heavy (non-hydrogen) atoms. The van der Waals surface area contributed by atoms with Gasteiger partial charge in [0.25, 0.3) is 0 Å². The van der Waals surface area contributed by atoms with Crippen LogP contribution in [-0.4, -0.2) is 43.5 Å². The number of rotatable bonds is 8. The van der Waals surface area contributed by atoms with Gasteiger partial charge in [-0.15, -0.1) is 10.2 Å². The first kappa shape index (κ1) is 20.3. The Bertz CT molecular complexity index is 718. The minimum atomic E-state index is 0.110. The lowest BCUT2D eigenvalue weighted by Gasteiger charge is -2.34. The Morgan fingerprint density at radius 3 is 2.27 bits per heavy atom. The van der Waals surface area contributed by atoms with Crippen LogP contribution in [0.5, 0.6) is 0 Å². The molecule has 2 N–H and O–H groups in total.